The van der Waals surface area contributed by atoms with Crippen molar-refractivity contribution in [3.63, 3.8) is 0 Å². The molecule has 2 rings (SSSR count). The van der Waals surface area contributed by atoms with Gasteiger partial charge in [0.1, 0.15) is 18.0 Å². The lowest BCUT2D eigenvalue weighted by Gasteiger charge is -2.28. The summed E-state index contributed by atoms with van der Waals surface area (Å²) < 4.78 is 0. The van der Waals surface area contributed by atoms with Crippen LogP contribution < -0.4 is 10.2 Å². The maximum absolute atomic E-state index is 4.42. The lowest BCUT2D eigenvalue weighted by molar-refractivity contribution is 0.636. The normalized spacial score (nSPS) is 14.9. The van der Waals surface area contributed by atoms with Crippen molar-refractivity contribution in [2.75, 3.05) is 23.3 Å². The van der Waals surface area contributed by atoms with E-state index in [1.807, 2.05) is 0 Å². The molecule has 1 fully saturated rings. The molecule has 0 bridgehead atoms. The molecule has 1 aliphatic rings. The molecular weight excluding hydrogens is 224 g/mol. The predicted molar refractivity (Wildman–Crippen MR) is 76.0 cm³/mol. The lowest BCUT2D eigenvalue weighted by atomic mass is 10.2. The first-order valence-corrected chi connectivity index (χ1v) is 7.03. The zero-order valence-corrected chi connectivity index (χ0v) is 11.7. The molecule has 0 aromatic carbocycles. The number of rotatable bonds is 7. The van der Waals surface area contributed by atoms with Gasteiger partial charge in [0, 0.05) is 25.2 Å². The van der Waals surface area contributed by atoms with Crippen LogP contribution in [0, 0.1) is 5.92 Å². The van der Waals surface area contributed by atoms with Crippen LogP contribution in [0.25, 0.3) is 0 Å². The van der Waals surface area contributed by atoms with E-state index in [1.165, 1.54) is 12.8 Å². The minimum atomic E-state index is 0.486. The van der Waals surface area contributed by atoms with Crippen molar-refractivity contribution in [2.45, 2.75) is 46.1 Å². The van der Waals surface area contributed by atoms with Crippen LogP contribution in [-0.2, 0) is 0 Å². The highest BCUT2D eigenvalue weighted by Crippen LogP contribution is 2.32. The van der Waals surface area contributed by atoms with Gasteiger partial charge in [0.2, 0.25) is 0 Å². The number of nitrogens with one attached hydrogen (secondary N) is 1. The average molecular weight is 248 g/mol. The van der Waals surface area contributed by atoms with Gasteiger partial charge in [-0.05, 0) is 39.0 Å². The Labute approximate surface area is 110 Å². The summed E-state index contributed by atoms with van der Waals surface area (Å²) in [4.78, 5) is 11.1. The lowest BCUT2D eigenvalue weighted by Crippen LogP contribution is -2.33. The quantitative estimate of drug-likeness (QED) is 0.805. The molecule has 18 heavy (non-hydrogen) atoms. The van der Waals surface area contributed by atoms with E-state index in [9.17, 15) is 0 Å². The summed E-state index contributed by atoms with van der Waals surface area (Å²) in [5.74, 6) is 2.85. The van der Waals surface area contributed by atoms with Crippen molar-refractivity contribution < 1.29 is 0 Å². The van der Waals surface area contributed by atoms with Gasteiger partial charge in [-0.25, -0.2) is 9.97 Å². The fourth-order valence-electron chi connectivity index (χ4n) is 2.00. The second-order valence-corrected chi connectivity index (χ2v) is 5.38. The highest BCUT2D eigenvalue weighted by molar-refractivity contribution is 5.49. The zero-order valence-electron chi connectivity index (χ0n) is 11.7. The van der Waals surface area contributed by atoms with Crippen LogP contribution >= 0.6 is 0 Å². The number of aromatic nitrogens is 2. The van der Waals surface area contributed by atoms with Gasteiger partial charge in [0.05, 0.1) is 0 Å². The fourth-order valence-corrected chi connectivity index (χ4v) is 2.00. The minimum Gasteiger partial charge on any atom is -0.370 e. The Balaban J connectivity index is 2.07. The highest BCUT2D eigenvalue weighted by Gasteiger charge is 2.26. The third-order valence-electron chi connectivity index (χ3n) is 3.28. The van der Waals surface area contributed by atoms with Gasteiger partial charge in [0.25, 0.3) is 0 Å². The maximum atomic E-state index is 4.42. The van der Waals surface area contributed by atoms with Crippen molar-refractivity contribution in [1.29, 1.82) is 0 Å². The molecule has 1 heterocycles. The SMILES string of the molecule is CCCNc1cc(N(CC2CC2)C(C)C)ncn1. The van der Waals surface area contributed by atoms with E-state index in [0.29, 0.717) is 6.04 Å². The number of hydrogen-bond donors (Lipinski definition) is 1. The standard InChI is InChI=1S/C14H24N4/c1-4-7-15-13-8-14(17-10-16-13)18(11(2)3)9-12-5-6-12/h8,10-12H,4-7,9H2,1-3H3,(H,15,16,17). The van der Waals surface area contributed by atoms with Crippen molar-refractivity contribution in [3.8, 4) is 0 Å². The molecule has 0 spiro atoms. The first-order valence-electron chi connectivity index (χ1n) is 7.03. The summed E-state index contributed by atoms with van der Waals surface area (Å²) in [7, 11) is 0. The number of nitrogens with zero attached hydrogens (tertiary/aromatic N) is 3. The maximum Gasteiger partial charge on any atom is 0.134 e. The summed E-state index contributed by atoms with van der Waals surface area (Å²) in [6, 6.07) is 2.55. The second kappa shape index (κ2) is 6.03. The number of anilines is 2. The van der Waals surface area contributed by atoms with E-state index in [4.69, 9.17) is 0 Å². The van der Waals surface area contributed by atoms with E-state index in [-0.39, 0.29) is 0 Å². The Morgan fingerprint density at radius 3 is 2.78 bits per heavy atom. The molecule has 0 atom stereocenters. The molecule has 0 unspecified atom stereocenters. The average Bonchev–Trinajstić information content (AvgIpc) is 3.17. The van der Waals surface area contributed by atoms with Gasteiger partial charge in [-0.15, -0.1) is 0 Å². The smallest absolute Gasteiger partial charge is 0.134 e. The van der Waals surface area contributed by atoms with Crippen molar-refractivity contribution >= 4 is 11.6 Å². The summed E-state index contributed by atoms with van der Waals surface area (Å²) in [5, 5.41) is 3.32. The molecule has 0 saturated heterocycles. The molecule has 0 aliphatic heterocycles. The molecule has 0 radical (unpaired) electrons. The molecule has 4 heteroatoms. The van der Waals surface area contributed by atoms with Crippen LogP contribution in [0.1, 0.15) is 40.0 Å². The van der Waals surface area contributed by atoms with Crippen LogP contribution in [0.3, 0.4) is 0 Å². The van der Waals surface area contributed by atoms with E-state index in [1.54, 1.807) is 6.33 Å². The minimum absolute atomic E-state index is 0.486. The van der Waals surface area contributed by atoms with Gasteiger partial charge >= 0.3 is 0 Å². The van der Waals surface area contributed by atoms with Gasteiger partial charge in [-0.2, -0.15) is 0 Å². The topological polar surface area (TPSA) is 41.0 Å². The fraction of sp³-hybridized carbons (Fsp3) is 0.714. The highest BCUT2D eigenvalue weighted by atomic mass is 15.2. The monoisotopic (exact) mass is 248 g/mol. The van der Waals surface area contributed by atoms with Gasteiger partial charge < -0.3 is 10.2 Å². The van der Waals surface area contributed by atoms with Gasteiger partial charge in [0.15, 0.2) is 0 Å². The van der Waals surface area contributed by atoms with Gasteiger partial charge in [-0.1, -0.05) is 6.92 Å². The van der Waals surface area contributed by atoms with Crippen LogP contribution in [0.4, 0.5) is 11.6 Å². The Morgan fingerprint density at radius 2 is 2.17 bits per heavy atom. The molecule has 1 aliphatic carbocycles. The van der Waals surface area contributed by atoms with E-state index in [0.717, 1.165) is 37.1 Å². The summed E-state index contributed by atoms with van der Waals surface area (Å²) in [6.45, 7) is 8.69. The molecule has 100 valence electrons. The summed E-state index contributed by atoms with van der Waals surface area (Å²) in [5.41, 5.74) is 0. The third kappa shape index (κ3) is 3.59. The largest absolute Gasteiger partial charge is 0.370 e. The van der Waals surface area contributed by atoms with Crippen molar-refractivity contribution in [2.24, 2.45) is 5.92 Å². The van der Waals surface area contributed by atoms with Crippen LogP contribution in [-0.4, -0.2) is 29.1 Å². The zero-order chi connectivity index (χ0) is 13.0. The van der Waals surface area contributed by atoms with Crippen LogP contribution in [0.5, 0.6) is 0 Å². The van der Waals surface area contributed by atoms with Gasteiger partial charge in [-0.3, -0.25) is 0 Å². The van der Waals surface area contributed by atoms with Crippen molar-refractivity contribution in [3.05, 3.63) is 12.4 Å². The van der Waals surface area contributed by atoms with E-state index < -0.39 is 0 Å². The molecule has 4 nitrogen and oxygen atoms in total. The first kappa shape index (κ1) is 13.1. The molecule has 1 aromatic rings. The Hall–Kier alpha value is -1.32. The Kier molecular flexibility index (Phi) is 4.39. The number of hydrogen-bond acceptors (Lipinski definition) is 4. The Morgan fingerprint density at radius 1 is 1.39 bits per heavy atom. The molecule has 1 N–H and O–H groups in total. The van der Waals surface area contributed by atoms with Crippen molar-refractivity contribution in [1.82, 2.24) is 9.97 Å². The van der Waals surface area contributed by atoms with Crippen LogP contribution in [0.2, 0.25) is 0 Å². The predicted octanol–water partition coefficient (Wildman–Crippen LogP) is 2.92. The summed E-state index contributed by atoms with van der Waals surface area (Å²) >= 11 is 0. The first-order chi connectivity index (χ1) is 8.70. The van der Waals surface area contributed by atoms with E-state index in [2.05, 4.69) is 47.0 Å². The second-order valence-electron chi connectivity index (χ2n) is 5.38. The third-order valence-corrected chi connectivity index (χ3v) is 3.28. The molecule has 0 amide bonds. The molecule has 1 saturated carbocycles. The molecule has 1 aromatic heterocycles. The molecular formula is C14H24N4. The summed E-state index contributed by atoms with van der Waals surface area (Å²) in [6.07, 6.45) is 5.51. The van der Waals surface area contributed by atoms with Crippen LogP contribution in [0.15, 0.2) is 12.4 Å². The Bertz CT molecular complexity index is 374. The van der Waals surface area contributed by atoms with E-state index >= 15 is 0 Å².